The van der Waals surface area contributed by atoms with Crippen LogP contribution in [0.3, 0.4) is 0 Å². The number of ether oxygens (including phenoxy) is 2. The van der Waals surface area contributed by atoms with Crippen molar-refractivity contribution in [3.8, 4) is 0 Å². The molecule has 0 radical (unpaired) electrons. The molecule has 1 aromatic carbocycles. The molecule has 5 heteroatoms. The lowest BCUT2D eigenvalue weighted by Gasteiger charge is -2.12. The largest absolute Gasteiger partial charge is 0.459 e. The van der Waals surface area contributed by atoms with E-state index >= 15 is 0 Å². The van der Waals surface area contributed by atoms with Gasteiger partial charge in [-0.1, -0.05) is 38.9 Å². The number of rotatable bonds is 5. The molecule has 4 nitrogen and oxygen atoms in total. The Bertz CT molecular complexity index is 468. The van der Waals surface area contributed by atoms with Crippen LogP contribution >= 0.6 is 20.7 Å². The zero-order chi connectivity index (χ0) is 15.1. The summed E-state index contributed by atoms with van der Waals surface area (Å²) in [5.41, 5.74) is 0. The van der Waals surface area contributed by atoms with Crippen LogP contribution in [0.5, 0.6) is 0 Å². The van der Waals surface area contributed by atoms with Gasteiger partial charge in [-0.15, -0.1) is 0 Å². The van der Waals surface area contributed by atoms with Gasteiger partial charge < -0.3 is 9.47 Å². The predicted molar refractivity (Wildman–Crippen MR) is 86.6 cm³/mol. The van der Waals surface area contributed by atoms with Gasteiger partial charge in [-0.3, -0.25) is 0 Å². The predicted octanol–water partition coefficient (Wildman–Crippen LogP) is 2.90. The third kappa shape index (κ3) is 5.81. The maximum absolute atomic E-state index is 12.0. The maximum atomic E-state index is 12.0. The number of hydrogen-bond donors (Lipinski definition) is 0. The van der Waals surface area contributed by atoms with Crippen LogP contribution in [0.4, 0.5) is 0 Å². The molecule has 0 aliphatic carbocycles. The Morgan fingerprint density at radius 1 is 0.900 bits per heavy atom. The minimum absolute atomic E-state index is 0.136. The number of hydrogen-bond acceptors (Lipinski definition) is 4. The molecule has 110 valence electrons. The summed E-state index contributed by atoms with van der Waals surface area (Å²) in [6, 6.07) is 9.46. The molecule has 1 rings (SSSR count). The number of esters is 2. The molecule has 0 fully saturated rings. The van der Waals surface area contributed by atoms with Gasteiger partial charge in [0.25, 0.3) is 0 Å². The quantitative estimate of drug-likeness (QED) is 0.441. The molecule has 0 aliphatic rings. The van der Waals surface area contributed by atoms with Crippen LogP contribution in [0, 0.1) is 3.57 Å². The fourth-order valence-corrected chi connectivity index (χ4v) is 3.37. The minimum atomic E-state index is -0.916. The molecule has 0 amide bonds. The van der Waals surface area contributed by atoms with E-state index in [0.29, 0.717) is 0 Å². The summed E-state index contributed by atoms with van der Waals surface area (Å²) < 4.78 is 11.4. The molecule has 0 saturated carbocycles. The van der Waals surface area contributed by atoms with Crippen molar-refractivity contribution in [1.29, 1.82) is 0 Å². The lowest BCUT2D eigenvalue weighted by atomic mass is 10.4. The van der Waals surface area contributed by atoms with E-state index in [1.54, 1.807) is 27.7 Å². The Morgan fingerprint density at radius 2 is 1.35 bits per heavy atom. The van der Waals surface area contributed by atoms with E-state index in [2.05, 4.69) is 0 Å². The molecule has 0 bridgehead atoms. The normalized spacial score (nSPS) is 10.5. The number of benzene rings is 1. The van der Waals surface area contributed by atoms with Crippen molar-refractivity contribution in [2.45, 2.75) is 39.9 Å². The van der Waals surface area contributed by atoms with Crippen molar-refractivity contribution in [1.82, 2.24) is 0 Å². The van der Waals surface area contributed by atoms with Crippen molar-refractivity contribution in [3.63, 3.8) is 0 Å². The van der Waals surface area contributed by atoms with E-state index < -0.39 is 32.7 Å². The molecule has 0 heterocycles. The molecule has 0 aliphatic heterocycles. The molecule has 0 spiro atoms. The minimum Gasteiger partial charge on any atom is -0.459 e. The van der Waals surface area contributed by atoms with Gasteiger partial charge in [0.1, 0.15) is 0 Å². The van der Waals surface area contributed by atoms with Crippen LogP contribution in [0.25, 0.3) is 0 Å². The summed E-state index contributed by atoms with van der Waals surface area (Å²) in [5, 5.41) is 0. The zero-order valence-electron chi connectivity index (χ0n) is 12.1. The maximum Gasteiger partial charge on any atom is 0.351 e. The summed E-state index contributed by atoms with van der Waals surface area (Å²) in [4.78, 5) is 24.1. The molecule has 20 heavy (non-hydrogen) atoms. The van der Waals surface area contributed by atoms with Gasteiger partial charge >= 0.3 is 11.9 Å². The highest BCUT2D eigenvalue weighted by atomic mass is 127. The van der Waals surface area contributed by atoms with Gasteiger partial charge in [-0.25, -0.2) is 9.59 Å². The van der Waals surface area contributed by atoms with Crippen molar-refractivity contribution in [2.24, 2.45) is 0 Å². The average molecular weight is 390 g/mol. The van der Waals surface area contributed by atoms with E-state index in [0.717, 1.165) is 3.57 Å². The van der Waals surface area contributed by atoms with Gasteiger partial charge in [0.15, 0.2) is 3.51 Å². The average Bonchev–Trinajstić information content (AvgIpc) is 2.35. The van der Waals surface area contributed by atoms with E-state index in [-0.39, 0.29) is 15.7 Å². The van der Waals surface area contributed by atoms with Gasteiger partial charge in [0.05, 0.1) is 12.2 Å². The summed E-state index contributed by atoms with van der Waals surface area (Å²) in [6.45, 7) is 7.02. The van der Waals surface area contributed by atoms with Crippen molar-refractivity contribution < 1.29 is 19.1 Å². The molecular weight excluding hydrogens is 371 g/mol. The van der Waals surface area contributed by atoms with Crippen LogP contribution in [0.1, 0.15) is 27.7 Å². The topological polar surface area (TPSA) is 52.6 Å². The third-order valence-corrected chi connectivity index (χ3v) is 4.74. The van der Waals surface area contributed by atoms with Crippen molar-refractivity contribution >= 4 is 36.2 Å². The van der Waals surface area contributed by atoms with E-state index in [9.17, 15) is 9.59 Å². The molecule has 0 saturated heterocycles. The van der Waals surface area contributed by atoms with Crippen LogP contribution < -0.4 is 0 Å². The molecule has 0 atom stereocenters. The molecule has 0 N–H and O–H groups in total. The van der Waals surface area contributed by atoms with Gasteiger partial charge in [-0.2, -0.15) is 0 Å². The fraction of sp³-hybridized carbons (Fsp3) is 0.400. The van der Waals surface area contributed by atoms with Crippen LogP contribution in [0.15, 0.2) is 30.3 Å². The first kappa shape index (κ1) is 16.8. The Morgan fingerprint density at radius 3 is 1.75 bits per heavy atom. The Labute approximate surface area is 129 Å². The molecule has 1 aromatic rings. The van der Waals surface area contributed by atoms with E-state index in [4.69, 9.17) is 9.47 Å². The molecule has 0 aromatic heterocycles. The summed E-state index contributed by atoms with van der Waals surface area (Å²) in [7, 11) is 0. The van der Waals surface area contributed by atoms with Crippen LogP contribution in [0.2, 0.25) is 0 Å². The highest BCUT2D eigenvalue weighted by molar-refractivity contribution is 14.2. The van der Waals surface area contributed by atoms with Crippen molar-refractivity contribution in [2.75, 3.05) is 0 Å². The molecule has 0 unspecified atom stereocenters. The van der Waals surface area contributed by atoms with Gasteiger partial charge in [0.2, 0.25) is 0 Å². The highest BCUT2D eigenvalue weighted by Gasteiger charge is 2.24. The zero-order valence-corrected chi connectivity index (χ0v) is 14.2. The Balaban J connectivity index is 3.04. The highest BCUT2D eigenvalue weighted by Crippen LogP contribution is 2.15. The lowest BCUT2D eigenvalue weighted by molar-refractivity contribution is -0.144. The SMILES string of the molecule is CC(C)OC(=O)C(=Ic1ccccc1)C(=O)OC(C)C. The summed E-state index contributed by atoms with van der Waals surface area (Å²) in [5.74, 6) is -1.13. The van der Waals surface area contributed by atoms with Crippen LogP contribution in [-0.2, 0) is 19.1 Å². The summed E-state index contributed by atoms with van der Waals surface area (Å²) in [6.07, 6.45) is -0.520. The van der Waals surface area contributed by atoms with Crippen molar-refractivity contribution in [3.05, 3.63) is 33.9 Å². The third-order valence-electron chi connectivity index (χ3n) is 1.98. The fourth-order valence-electron chi connectivity index (χ4n) is 1.28. The van der Waals surface area contributed by atoms with Gasteiger partial charge in [-0.05, 0) is 39.8 Å². The number of halogens is 1. The van der Waals surface area contributed by atoms with E-state index in [1.165, 1.54) is 0 Å². The Kier molecular flexibility index (Phi) is 6.84. The standard InChI is InChI=1S/C15H19IO4/c1-10(2)19-14(17)13(15(18)20-11(3)4)16-12-8-6-5-7-9-12/h5-11H,1-4H3. The second kappa shape index (κ2) is 8.14. The summed E-state index contributed by atoms with van der Waals surface area (Å²) >= 11 is -0.916. The van der Waals surface area contributed by atoms with Crippen LogP contribution in [-0.4, -0.2) is 27.7 Å². The van der Waals surface area contributed by atoms with Gasteiger partial charge in [0, 0.05) is 3.57 Å². The number of carbonyl (C=O) groups is 2. The second-order valence-electron chi connectivity index (χ2n) is 4.61. The Hall–Kier alpha value is -1.24. The first-order valence-corrected chi connectivity index (χ1v) is 8.54. The second-order valence-corrected chi connectivity index (χ2v) is 7.48. The number of carbonyl (C=O) groups excluding carboxylic acids is 2. The lowest BCUT2D eigenvalue weighted by Crippen LogP contribution is -2.30. The van der Waals surface area contributed by atoms with E-state index in [1.807, 2.05) is 30.3 Å². The first-order chi connectivity index (χ1) is 9.40. The first-order valence-electron chi connectivity index (χ1n) is 6.39. The smallest absolute Gasteiger partial charge is 0.351 e. The monoisotopic (exact) mass is 390 g/mol. The molecular formula is C15H19IO4.